The number of aryl methyl sites for hydroxylation is 1. The Morgan fingerprint density at radius 3 is 2.77 bits per heavy atom. The smallest absolute Gasteiger partial charge is 0.276 e. The third-order valence-electron chi connectivity index (χ3n) is 6.56. The monoisotopic (exact) mass is 430 g/mol. The molecule has 1 saturated heterocycles. The number of rotatable bonds is 2. The Balaban J connectivity index is 1.26. The molecule has 1 fully saturated rings. The Labute approximate surface area is 176 Å². The second-order valence-corrected chi connectivity index (χ2v) is 10.3. The van der Waals surface area contributed by atoms with E-state index in [1.807, 2.05) is 11.0 Å². The number of piperidine rings is 1. The summed E-state index contributed by atoms with van der Waals surface area (Å²) in [7, 11) is -3.54. The molecular weight excluding hydrogens is 404 g/mol. The van der Waals surface area contributed by atoms with Gasteiger partial charge in [0.2, 0.25) is 10.0 Å². The van der Waals surface area contributed by atoms with Crippen LogP contribution in [0.25, 0.3) is 0 Å². The summed E-state index contributed by atoms with van der Waals surface area (Å²) >= 11 is 0. The minimum absolute atomic E-state index is 0.0740. The van der Waals surface area contributed by atoms with Crippen molar-refractivity contribution in [3.8, 4) is 0 Å². The van der Waals surface area contributed by atoms with Crippen molar-refractivity contribution in [1.82, 2.24) is 14.8 Å². The normalized spacial score (nSPS) is 25.8. The summed E-state index contributed by atoms with van der Waals surface area (Å²) in [4.78, 5) is 15.2. The molecule has 2 N–H and O–H groups in total. The number of nitrogens with one attached hydrogen (secondary N) is 2. The van der Waals surface area contributed by atoms with Crippen LogP contribution in [0.5, 0.6) is 0 Å². The van der Waals surface area contributed by atoms with Gasteiger partial charge in [0.25, 0.3) is 5.91 Å². The zero-order valence-electron chi connectivity index (χ0n) is 16.9. The van der Waals surface area contributed by atoms with Crippen molar-refractivity contribution in [3.63, 3.8) is 0 Å². The van der Waals surface area contributed by atoms with Gasteiger partial charge in [-0.2, -0.15) is 4.72 Å². The van der Waals surface area contributed by atoms with Crippen molar-refractivity contribution in [2.24, 2.45) is 11.8 Å². The van der Waals surface area contributed by atoms with Gasteiger partial charge in [0.15, 0.2) is 5.69 Å². The number of fused-ring (bicyclic) bond motifs is 2. The molecule has 2 aromatic rings. The van der Waals surface area contributed by atoms with E-state index in [9.17, 15) is 13.2 Å². The molecule has 0 bridgehead atoms. The minimum Gasteiger partial charge on any atom is -0.368 e. The number of carbonyl (C=O) groups excluding carboxylic acids is 1. The lowest BCUT2D eigenvalue weighted by Gasteiger charge is -2.38. The third kappa shape index (κ3) is 3.39. The van der Waals surface area contributed by atoms with Crippen molar-refractivity contribution in [2.45, 2.75) is 50.1 Å². The number of para-hydroxylation sites is 1. The van der Waals surface area contributed by atoms with E-state index in [2.05, 4.69) is 22.1 Å². The lowest BCUT2D eigenvalue weighted by atomic mass is 9.87. The maximum absolute atomic E-state index is 13.1. The summed E-state index contributed by atoms with van der Waals surface area (Å²) in [5.74, 6) is 1.41. The molecule has 9 heteroatoms. The highest BCUT2D eigenvalue weighted by atomic mass is 32.2. The van der Waals surface area contributed by atoms with Crippen LogP contribution in [0.15, 0.2) is 33.7 Å². The Hall–Kier alpha value is -2.39. The van der Waals surface area contributed by atoms with Crippen molar-refractivity contribution >= 4 is 21.6 Å². The van der Waals surface area contributed by atoms with Gasteiger partial charge >= 0.3 is 0 Å². The van der Waals surface area contributed by atoms with E-state index in [0.717, 1.165) is 30.6 Å². The molecule has 2 aliphatic heterocycles. The minimum atomic E-state index is -3.54. The van der Waals surface area contributed by atoms with Crippen molar-refractivity contribution in [1.29, 1.82) is 0 Å². The predicted octanol–water partition coefficient (Wildman–Crippen LogP) is 2.38. The molecule has 2 atom stereocenters. The second-order valence-electron chi connectivity index (χ2n) is 8.65. The number of carbonyl (C=O) groups is 1. The molecule has 1 aliphatic carbocycles. The molecule has 8 nitrogen and oxygen atoms in total. The van der Waals surface area contributed by atoms with Crippen LogP contribution in [0.3, 0.4) is 0 Å². The second kappa shape index (κ2) is 7.39. The molecule has 1 aromatic carbocycles. The molecule has 0 spiro atoms. The topological polar surface area (TPSA) is 105 Å². The fourth-order valence-electron chi connectivity index (χ4n) is 4.79. The van der Waals surface area contributed by atoms with E-state index in [-0.39, 0.29) is 22.9 Å². The van der Waals surface area contributed by atoms with E-state index < -0.39 is 10.0 Å². The zero-order valence-corrected chi connectivity index (χ0v) is 17.7. The highest BCUT2D eigenvalue weighted by molar-refractivity contribution is 7.89. The van der Waals surface area contributed by atoms with E-state index in [0.29, 0.717) is 43.2 Å². The van der Waals surface area contributed by atoms with E-state index in [4.69, 9.17) is 4.52 Å². The maximum Gasteiger partial charge on any atom is 0.276 e. The van der Waals surface area contributed by atoms with Crippen molar-refractivity contribution in [2.75, 3.05) is 18.4 Å². The van der Waals surface area contributed by atoms with Crippen LogP contribution in [0, 0.1) is 11.8 Å². The molecular formula is C21H26N4O4S. The van der Waals surface area contributed by atoms with Gasteiger partial charge in [-0.15, -0.1) is 0 Å². The average molecular weight is 431 g/mol. The third-order valence-corrected chi connectivity index (χ3v) is 8.06. The van der Waals surface area contributed by atoms with Crippen LogP contribution in [0.2, 0.25) is 0 Å². The molecule has 0 radical (unpaired) electrons. The number of hydrogen-bond acceptors (Lipinski definition) is 6. The Kier molecular flexibility index (Phi) is 4.82. The van der Waals surface area contributed by atoms with Gasteiger partial charge in [-0.05, 0) is 49.7 Å². The number of benzene rings is 1. The fourth-order valence-corrected chi connectivity index (χ4v) is 6.18. The molecule has 3 aliphatic rings. The standard InChI is InChI=1S/C21H26N4O4S/c1-13-6-7-17-15(12-13)19(23-29-17)21(26)25-10-8-14(9-11-25)20-22-16-4-2-3-5-18(16)30(27,28)24-20/h2-5,13-14,20,22,24H,6-12H2,1H3/t13-,20+/m1/s1. The first-order valence-electron chi connectivity index (χ1n) is 10.6. The first-order chi connectivity index (χ1) is 14.4. The van der Waals surface area contributed by atoms with Crippen LogP contribution in [-0.2, 0) is 22.9 Å². The number of anilines is 1. The van der Waals surface area contributed by atoms with Gasteiger partial charge in [-0.3, -0.25) is 4.79 Å². The molecule has 1 aromatic heterocycles. The number of nitrogens with zero attached hydrogens (tertiary/aromatic N) is 2. The van der Waals surface area contributed by atoms with E-state index >= 15 is 0 Å². The Morgan fingerprint density at radius 1 is 1.20 bits per heavy atom. The first-order valence-corrected chi connectivity index (χ1v) is 12.1. The molecule has 3 heterocycles. The van der Waals surface area contributed by atoms with Gasteiger partial charge in [-0.25, -0.2) is 8.42 Å². The summed E-state index contributed by atoms with van der Waals surface area (Å²) in [5, 5.41) is 7.41. The lowest BCUT2D eigenvalue weighted by molar-refractivity contribution is 0.0667. The summed E-state index contributed by atoms with van der Waals surface area (Å²) in [6, 6.07) is 6.92. The highest BCUT2D eigenvalue weighted by Crippen LogP contribution is 2.32. The summed E-state index contributed by atoms with van der Waals surface area (Å²) in [5.41, 5.74) is 2.06. The van der Waals surface area contributed by atoms with Crippen LogP contribution >= 0.6 is 0 Å². The van der Waals surface area contributed by atoms with Gasteiger partial charge in [0.1, 0.15) is 10.7 Å². The van der Waals surface area contributed by atoms with Crippen LogP contribution in [0.1, 0.15) is 48.0 Å². The zero-order chi connectivity index (χ0) is 20.9. The Bertz CT molecular complexity index is 1070. The number of likely N-dealkylation sites (tertiary alicyclic amines) is 1. The largest absolute Gasteiger partial charge is 0.368 e. The van der Waals surface area contributed by atoms with Gasteiger partial charge in [0, 0.05) is 25.1 Å². The quantitative estimate of drug-likeness (QED) is 0.758. The fraction of sp³-hybridized carbons (Fsp3) is 0.524. The van der Waals surface area contributed by atoms with Gasteiger partial charge in [-0.1, -0.05) is 24.2 Å². The highest BCUT2D eigenvalue weighted by Gasteiger charge is 2.37. The molecule has 1 amide bonds. The SMILES string of the molecule is C[C@@H]1CCc2onc(C(=O)N3CCC([C@H]4Nc5ccccc5S(=O)(=O)N4)CC3)c2C1. The number of sulfonamides is 1. The van der Waals surface area contributed by atoms with Crippen molar-refractivity contribution < 1.29 is 17.7 Å². The van der Waals surface area contributed by atoms with Crippen LogP contribution in [-0.4, -0.2) is 43.6 Å². The maximum atomic E-state index is 13.1. The molecule has 30 heavy (non-hydrogen) atoms. The van der Waals surface area contributed by atoms with Gasteiger partial charge < -0.3 is 14.7 Å². The molecule has 0 unspecified atom stereocenters. The lowest BCUT2D eigenvalue weighted by Crippen LogP contribution is -2.52. The summed E-state index contributed by atoms with van der Waals surface area (Å²) in [6.07, 6.45) is 3.80. The molecule has 0 saturated carbocycles. The number of aromatic nitrogens is 1. The molecule has 5 rings (SSSR count). The number of hydrogen-bond donors (Lipinski definition) is 2. The van der Waals surface area contributed by atoms with E-state index in [1.54, 1.807) is 18.2 Å². The average Bonchev–Trinajstić information content (AvgIpc) is 3.16. The van der Waals surface area contributed by atoms with Gasteiger partial charge in [0.05, 0.1) is 11.9 Å². The first kappa shape index (κ1) is 19.6. The number of amides is 1. The molecule has 160 valence electrons. The summed E-state index contributed by atoms with van der Waals surface area (Å²) in [6.45, 7) is 3.33. The van der Waals surface area contributed by atoms with Crippen molar-refractivity contribution in [3.05, 3.63) is 41.3 Å². The predicted molar refractivity (Wildman–Crippen MR) is 110 cm³/mol. The van der Waals surface area contributed by atoms with Crippen LogP contribution < -0.4 is 10.0 Å². The summed E-state index contributed by atoms with van der Waals surface area (Å²) < 4.78 is 33.4. The van der Waals surface area contributed by atoms with Crippen LogP contribution in [0.4, 0.5) is 5.69 Å². The van der Waals surface area contributed by atoms with E-state index in [1.165, 1.54) is 0 Å². The Morgan fingerprint density at radius 2 is 1.97 bits per heavy atom.